The Morgan fingerprint density at radius 3 is 1.00 bits per heavy atom. The molecule has 2 heterocycles. The van der Waals surface area contributed by atoms with Crippen LogP contribution in [0.3, 0.4) is 0 Å². The first kappa shape index (κ1) is 35.4. The van der Waals surface area contributed by atoms with Crippen LogP contribution < -0.4 is 0 Å². The van der Waals surface area contributed by atoms with Gasteiger partial charge in [0.1, 0.15) is 0 Å². The second-order valence-corrected chi connectivity index (χ2v) is 16.9. The second kappa shape index (κ2) is 18.5. The van der Waals surface area contributed by atoms with Gasteiger partial charge < -0.3 is 0 Å². The summed E-state index contributed by atoms with van der Waals surface area (Å²) in [6, 6.07) is 24.1. The fraction of sp³-hybridized carbons (Fsp3) is 0.522. The van der Waals surface area contributed by atoms with E-state index < -0.39 is 0 Å². The van der Waals surface area contributed by atoms with E-state index in [4.69, 9.17) is 0 Å². The zero-order valence-corrected chi connectivity index (χ0v) is 31.8. The second-order valence-electron chi connectivity index (χ2n) is 14.7. The van der Waals surface area contributed by atoms with Crippen molar-refractivity contribution in [1.29, 1.82) is 0 Å². The molecule has 48 heavy (non-hydrogen) atoms. The standard InChI is InChI=1S/C46H60S2/c1-3-5-7-9-11-13-15-17-19-21-23-37-33-35-25-27-41-39-30-32-44-42(40(39)29-31-43(41)45(35)47-37)28-26-36-34-38(48-46(36)44)24-22-20-18-16-14-12-10-8-6-4-2/h25-34H,3-24H2,1-2H3. The molecule has 0 saturated carbocycles. The van der Waals surface area contributed by atoms with Crippen molar-refractivity contribution >= 4 is 75.2 Å². The summed E-state index contributed by atoms with van der Waals surface area (Å²) in [4.78, 5) is 3.12. The largest absolute Gasteiger partial charge is 0.140 e. The minimum atomic E-state index is 1.23. The van der Waals surface area contributed by atoms with Crippen molar-refractivity contribution in [3.05, 3.63) is 70.4 Å². The maximum absolute atomic E-state index is 2.47. The predicted molar refractivity (Wildman–Crippen MR) is 221 cm³/mol. The molecule has 0 N–H and O–H groups in total. The zero-order valence-electron chi connectivity index (χ0n) is 30.1. The van der Waals surface area contributed by atoms with E-state index in [0.717, 1.165) is 0 Å². The van der Waals surface area contributed by atoms with Crippen LogP contribution in [-0.2, 0) is 12.8 Å². The Morgan fingerprint density at radius 2 is 0.625 bits per heavy atom. The first-order chi connectivity index (χ1) is 23.8. The highest BCUT2D eigenvalue weighted by Crippen LogP contribution is 2.41. The van der Waals surface area contributed by atoms with Crippen molar-refractivity contribution in [2.45, 2.75) is 155 Å². The van der Waals surface area contributed by atoms with Gasteiger partial charge >= 0.3 is 0 Å². The van der Waals surface area contributed by atoms with E-state index in [-0.39, 0.29) is 0 Å². The van der Waals surface area contributed by atoms with E-state index in [9.17, 15) is 0 Å². The highest BCUT2D eigenvalue weighted by molar-refractivity contribution is 7.20. The molecule has 0 aliphatic rings. The van der Waals surface area contributed by atoms with Gasteiger partial charge in [-0.05, 0) is 70.1 Å². The monoisotopic (exact) mass is 676 g/mol. The maximum Gasteiger partial charge on any atom is 0.0424 e. The molecule has 0 spiro atoms. The molecular formula is C46H60S2. The molecule has 0 aliphatic carbocycles. The number of aryl methyl sites for hydroxylation is 2. The van der Waals surface area contributed by atoms with Crippen LogP contribution >= 0.6 is 22.7 Å². The van der Waals surface area contributed by atoms with Crippen molar-refractivity contribution in [3.8, 4) is 0 Å². The van der Waals surface area contributed by atoms with Crippen molar-refractivity contribution in [2.75, 3.05) is 0 Å². The van der Waals surface area contributed by atoms with Gasteiger partial charge in [-0.25, -0.2) is 0 Å². The average Bonchev–Trinajstić information content (AvgIpc) is 3.73. The van der Waals surface area contributed by atoms with Crippen LogP contribution in [-0.4, -0.2) is 0 Å². The molecule has 0 radical (unpaired) electrons. The van der Waals surface area contributed by atoms with Crippen LogP contribution in [0.2, 0.25) is 0 Å². The SMILES string of the molecule is CCCCCCCCCCCCc1cc2ccc3c4ccc5c(ccc6cc(CCCCCCCCCCCC)sc65)c4ccc3c2s1. The molecule has 0 fully saturated rings. The Balaban J connectivity index is 1.07. The van der Waals surface area contributed by atoms with E-state index in [1.54, 1.807) is 9.75 Å². The summed E-state index contributed by atoms with van der Waals surface area (Å²) in [5.41, 5.74) is 0. The molecule has 256 valence electrons. The number of unbranched alkanes of at least 4 members (excludes halogenated alkanes) is 18. The van der Waals surface area contributed by atoms with E-state index >= 15 is 0 Å². The topological polar surface area (TPSA) is 0 Å². The fourth-order valence-electron chi connectivity index (χ4n) is 7.96. The third kappa shape index (κ3) is 9.02. The molecule has 4 aromatic carbocycles. The summed E-state index contributed by atoms with van der Waals surface area (Å²) >= 11 is 4.08. The van der Waals surface area contributed by atoms with Crippen LogP contribution in [0, 0.1) is 0 Å². The smallest absolute Gasteiger partial charge is 0.0424 e. The Bertz CT molecular complexity index is 1730. The molecule has 0 aliphatic heterocycles. The highest BCUT2D eigenvalue weighted by atomic mass is 32.1. The third-order valence-electron chi connectivity index (χ3n) is 10.8. The van der Waals surface area contributed by atoms with Gasteiger partial charge in [-0.3, -0.25) is 0 Å². The first-order valence-electron chi connectivity index (χ1n) is 20.0. The number of hydrogen-bond acceptors (Lipinski definition) is 2. The van der Waals surface area contributed by atoms with Gasteiger partial charge in [0.2, 0.25) is 0 Å². The number of thiophene rings is 2. The molecule has 0 amide bonds. The molecule has 6 rings (SSSR count). The molecule has 2 aromatic heterocycles. The minimum absolute atomic E-state index is 1.23. The highest BCUT2D eigenvalue weighted by Gasteiger charge is 2.13. The summed E-state index contributed by atoms with van der Waals surface area (Å²) in [6.07, 6.45) is 30.5. The molecule has 0 unspecified atom stereocenters. The zero-order chi connectivity index (χ0) is 33.0. The lowest BCUT2D eigenvalue weighted by Gasteiger charge is -2.09. The van der Waals surface area contributed by atoms with Gasteiger partial charge in [-0.2, -0.15) is 0 Å². The van der Waals surface area contributed by atoms with E-state index in [2.05, 4.69) is 74.5 Å². The number of fused-ring (bicyclic) bond motifs is 9. The van der Waals surface area contributed by atoms with Crippen LogP contribution in [0.1, 0.15) is 152 Å². The number of rotatable bonds is 22. The third-order valence-corrected chi connectivity index (χ3v) is 13.3. The van der Waals surface area contributed by atoms with E-state index in [0.29, 0.717) is 0 Å². The lowest BCUT2D eigenvalue weighted by Crippen LogP contribution is -1.84. The molecule has 0 nitrogen and oxygen atoms in total. The summed E-state index contributed by atoms with van der Waals surface area (Å²) < 4.78 is 2.95. The van der Waals surface area contributed by atoms with E-state index in [1.807, 2.05) is 22.7 Å². The summed E-state index contributed by atoms with van der Waals surface area (Å²) in [5, 5.41) is 11.3. The Morgan fingerprint density at radius 1 is 0.333 bits per heavy atom. The van der Waals surface area contributed by atoms with Crippen molar-refractivity contribution in [1.82, 2.24) is 0 Å². The quantitative estimate of drug-likeness (QED) is 0.0496. The van der Waals surface area contributed by atoms with Gasteiger partial charge in [0.15, 0.2) is 0 Å². The number of benzene rings is 4. The summed E-state index contributed by atoms with van der Waals surface area (Å²) in [6.45, 7) is 4.61. The normalized spacial score (nSPS) is 12.1. The summed E-state index contributed by atoms with van der Waals surface area (Å²) in [7, 11) is 0. The van der Waals surface area contributed by atoms with Crippen molar-refractivity contribution in [2.24, 2.45) is 0 Å². The molecule has 0 atom stereocenters. The van der Waals surface area contributed by atoms with Crippen molar-refractivity contribution < 1.29 is 0 Å². The first-order valence-corrected chi connectivity index (χ1v) is 21.6. The van der Waals surface area contributed by atoms with Gasteiger partial charge in [-0.1, -0.05) is 178 Å². The molecule has 0 bridgehead atoms. The Labute approximate surface area is 299 Å². The van der Waals surface area contributed by atoms with Gasteiger partial charge in [0.25, 0.3) is 0 Å². The Kier molecular flexibility index (Phi) is 13.7. The lowest BCUT2D eigenvalue weighted by molar-refractivity contribution is 0.557. The van der Waals surface area contributed by atoms with Crippen molar-refractivity contribution in [3.63, 3.8) is 0 Å². The van der Waals surface area contributed by atoms with E-state index in [1.165, 1.54) is 194 Å². The van der Waals surface area contributed by atoms with Crippen LogP contribution in [0.4, 0.5) is 0 Å². The Hall–Kier alpha value is -2.42. The molecule has 0 saturated heterocycles. The fourth-order valence-corrected chi connectivity index (χ4v) is 10.4. The number of hydrogen-bond donors (Lipinski definition) is 0. The van der Waals surface area contributed by atoms with Crippen LogP contribution in [0.15, 0.2) is 60.7 Å². The molecular weight excluding hydrogens is 617 g/mol. The molecule has 6 aromatic rings. The van der Waals surface area contributed by atoms with Gasteiger partial charge in [0.05, 0.1) is 0 Å². The predicted octanol–water partition coefficient (Wildman–Crippen LogP) is 16.5. The lowest BCUT2D eigenvalue weighted by atomic mass is 9.96. The van der Waals surface area contributed by atoms with Gasteiger partial charge in [0, 0.05) is 29.9 Å². The van der Waals surface area contributed by atoms with Crippen LogP contribution in [0.5, 0.6) is 0 Å². The average molecular weight is 677 g/mol. The minimum Gasteiger partial charge on any atom is -0.140 e. The maximum atomic E-state index is 2.47. The summed E-state index contributed by atoms with van der Waals surface area (Å²) in [5.74, 6) is 0. The van der Waals surface area contributed by atoms with Gasteiger partial charge in [-0.15, -0.1) is 22.7 Å². The van der Waals surface area contributed by atoms with Crippen LogP contribution in [0.25, 0.3) is 52.5 Å². The molecule has 2 heteroatoms.